The van der Waals surface area contributed by atoms with Crippen molar-refractivity contribution in [1.29, 1.82) is 0 Å². The predicted molar refractivity (Wildman–Crippen MR) is 86.6 cm³/mol. The molecule has 0 amide bonds. The summed E-state index contributed by atoms with van der Waals surface area (Å²) in [4.78, 5) is 0. The standard InChI is InChI=1S/C8H16N2.C8H17N/c1-3-4-8(2)7-9-5-6-10-8;1-4-6-8(5-2)7-9-3/h3,9-10H,1,4-7H2,2H3;4,8-9H,1,5-7H2,2-3H3/t2*8-/m00/s1. The molecule has 1 heterocycles. The SMILES string of the molecule is C=CC[C@@]1(C)CNCCN1.C=CC[C@H](CC)CNC. The third-order valence-corrected chi connectivity index (χ3v) is 3.53. The first-order valence-corrected chi connectivity index (χ1v) is 7.44. The Morgan fingerprint density at radius 2 is 2.05 bits per heavy atom. The highest BCUT2D eigenvalue weighted by molar-refractivity contribution is 4.94. The molecule has 19 heavy (non-hydrogen) atoms. The quantitative estimate of drug-likeness (QED) is 0.620. The molecule has 0 aliphatic carbocycles. The zero-order chi connectivity index (χ0) is 14.6. The van der Waals surface area contributed by atoms with E-state index >= 15 is 0 Å². The van der Waals surface area contributed by atoms with Crippen molar-refractivity contribution < 1.29 is 0 Å². The van der Waals surface area contributed by atoms with Crippen LogP contribution in [-0.2, 0) is 0 Å². The molecule has 2 atom stereocenters. The van der Waals surface area contributed by atoms with E-state index in [1.807, 2.05) is 19.2 Å². The molecule has 0 aromatic carbocycles. The van der Waals surface area contributed by atoms with Crippen molar-refractivity contribution in [2.45, 2.75) is 38.6 Å². The largest absolute Gasteiger partial charge is 0.319 e. The lowest BCUT2D eigenvalue weighted by Gasteiger charge is -2.34. The van der Waals surface area contributed by atoms with Crippen molar-refractivity contribution in [2.75, 3.05) is 33.2 Å². The highest BCUT2D eigenvalue weighted by atomic mass is 15.1. The van der Waals surface area contributed by atoms with E-state index in [2.05, 4.69) is 43.0 Å². The molecule has 3 heteroatoms. The minimum Gasteiger partial charge on any atom is -0.319 e. The average Bonchev–Trinajstić information content (AvgIpc) is 2.40. The van der Waals surface area contributed by atoms with E-state index in [9.17, 15) is 0 Å². The fraction of sp³-hybridized carbons (Fsp3) is 0.750. The van der Waals surface area contributed by atoms with E-state index in [0.29, 0.717) is 0 Å². The van der Waals surface area contributed by atoms with Crippen molar-refractivity contribution >= 4 is 0 Å². The number of nitrogens with one attached hydrogen (secondary N) is 3. The Morgan fingerprint density at radius 3 is 2.47 bits per heavy atom. The van der Waals surface area contributed by atoms with Gasteiger partial charge in [-0.1, -0.05) is 25.5 Å². The van der Waals surface area contributed by atoms with Gasteiger partial charge in [0, 0.05) is 25.2 Å². The molecule has 1 fully saturated rings. The average molecular weight is 267 g/mol. The van der Waals surface area contributed by atoms with Crippen molar-refractivity contribution in [3.63, 3.8) is 0 Å². The van der Waals surface area contributed by atoms with E-state index in [4.69, 9.17) is 0 Å². The molecule has 1 rings (SSSR count). The Kier molecular flexibility index (Phi) is 10.8. The molecule has 0 aromatic heterocycles. The summed E-state index contributed by atoms with van der Waals surface area (Å²) in [6.07, 6.45) is 7.38. The second-order valence-corrected chi connectivity index (χ2v) is 5.51. The molecule has 3 nitrogen and oxygen atoms in total. The zero-order valence-corrected chi connectivity index (χ0v) is 13.1. The smallest absolute Gasteiger partial charge is 0.0312 e. The molecule has 112 valence electrons. The maximum atomic E-state index is 3.73. The third kappa shape index (κ3) is 8.98. The second kappa shape index (κ2) is 11.2. The van der Waals surface area contributed by atoms with Gasteiger partial charge in [0.1, 0.15) is 0 Å². The fourth-order valence-corrected chi connectivity index (χ4v) is 2.26. The van der Waals surface area contributed by atoms with Crippen molar-refractivity contribution in [1.82, 2.24) is 16.0 Å². The Hall–Kier alpha value is -0.640. The van der Waals surface area contributed by atoms with E-state index < -0.39 is 0 Å². The van der Waals surface area contributed by atoms with Gasteiger partial charge in [0.15, 0.2) is 0 Å². The summed E-state index contributed by atoms with van der Waals surface area (Å²) in [6, 6.07) is 0. The lowest BCUT2D eigenvalue weighted by atomic mass is 9.96. The highest BCUT2D eigenvalue weighted by Gasteiger charge is 2.23. The van der Waals surface area contributed by atoms with Gasteiger partial charge in [0.05, 0.1) is 0 Å². The summed E-state index contributed by atoms with van der Waals surface area (Å²) in [5, 5.41) is 9.97. The first-order valence-electron chi connectivity index (χ1n) is 7.44. The van der Waals surface area contributed by atoms with E-state index in [0.717, 1.165) is 44.9 Å². The van der Waals surface area contributed by atoms with Gasteiger partial charge < -0.3 is 16.0 Å². The molecule has 1 saturated heterocycles. The van der Waals surface area contributed by atoms with Crippen LogP contribution in [-0.4, -0.2) is 38.8 Å². The zero-order valence-electron chi connectivity index (χ0n) is 13.1. The molecule has 0 unspecified atom stereocenters. The molecule has 1 aliphatic heterocycles. The van der Waals surface area contributed by atoms with E-state index in [1.54, 1.807) is 0 Å². The summed E-state index contributed by atoms with van der Waals surface area (Å²) in [7, 11) is 1.99. The summed E-state index contributed by atoms with van der Waals surface area (Å²) >= 11 is 0. The van der Waals surface area contributed by atoms with Gasteiger partial charge >= 0.3 is 0 Å². The molecular formula is C16H33N3. The van der Waals surface area contributed by atoms with Gasteiger partial charge in [0.2, 0.25) is 0 Å². The van der Waals surface area contributed by atoms with Crippen LogP contribution in [0.15, 0.2) is 25.3 Å². The second-order valence-electron chi connectivity index (χ2n) is 5.51. The van der Waals surface area contributed by atoms with Crippen LogP contribution >= 0.6 is 0 Å². The number of hydrogen-bond donors (Lipinski definition) is 3. The Balaban J connectivity index is 0.000000344. The number of allylic oxidation sites excluding steroid dienone is 1. The van der Waals surface area contributed by atoms with Gasteiger partial charge in [0.25, 0.3) is 0 Å². The minimum atomic E-state index is 0.250. The molecule has 0 bridgehead atoms. The summed E-state index contributed by atoms with van der Waals surface area (Å²) < 4.78 is 0. The lowest BCUT2D eigenvalue weighted by Crippen LogP contribution is -2.56. The number of rotatable bonds is 7. The maximum absolute atomic E-state index is 3.73. The normalized spacial score (nSPS) is 23.9. The summed E-state index contributed by atoms with van der Waals surface area (Å²) in [5.41, 5.74) is 0.250. The molecule has 0 saturated carbocycles. The van der Waals surface area contributed by atoms with Crippen LogP contribution in [0.3, 0.4) is 0 Å². The lowest BCUT2D eigenvalue weighted by molar-refractivity contribution is 0.299. The first kappa shape index (κ1) is 18.4. The van der Waals surface area contributed by atoms with Crippen molar-refractivity contribution in [2.24, 2.45) is 5.92 Å². The number of hydrogen-bond acceptors (Lipinski definition) is 3. The van der Waals surface area contributed by atoms with Crippen LogP contribution in [0, 0.1) is 5.92 Å². The fourth-order valence-electron chi connectivity index (χ4n) is 2.26. The van der Waals surface area contributed by atoms with Crippen molar-refractivity contribution in [3.05, 3.63) is 25.3 Å². The van der Waals surface area contributed by atoms with Crippen LogP contribution in [0.2, 0.25) is 0 Å². The van der Waals surface area contributed by atoms with Gasteiger partial charge in [-0.2, -0.15) is 0 Å². The predicted octanol–water partition coefficient (Wildman–Crippen LogP) is 2.32. The molecule has 0 radical (unpaired) electrons. The third-order valence-electron chi connectivity index (χ3n) is 3.53. The molecule has 0 aromatic rings. The van der Waals surface area contributed by atoms with Crippen LogP contribution < -0.4 is 16.0 Å². The summed E-state index contributed by atoms with van der Waals surface area (Å²) in [6.45, 7) is 16.2. The topological polar surface area (TPSA) is 36.1 Å². The Bertz CT molecular complexity index is 232. The van der Waals surface area contributed by atoms with Gasteiger partial charge in [-0.15, -0.1) is 13.2 Å². The maximum Gasteiger partial charge on any atom is 0.0312 e. The van der Waals surface area contributed by atoms with Gasteiger partial charge in [-0.05, 0) is 39.3 Å². The van der Waals surface area contributed by atoms with E-state index in [-0.39, 0.29) is 5.54 Å². The molecule has 1 aliphatic rings. The summed E-state index contributed by atoms with van der Waals surface area (Å²) in [5.74, 6) is 0.785. The van der Waals surface area contributed by atoms with Gasteiger partial charge in [-0.25, -0.2) is 0 Å². The van der Waals surface area contributed by atoms with Gasteiger partial charge in [-0.3, -0.25) is 0 Å². The monoisotopic (exact) mass is 267 g/mol. The first-order chi connectivity index (χ1) is 9.11. The number of piperazine rings is 1. The van der Waals surface area contributed by atoms with Crippen molar-refractivity contribution in [3.8, 4) is 0 Å². The minimum absolute atomic E-state index is 0.250. The Labute approximate surface area is 119 Å². The highest BCUT2D eigenvalue weighted by Crippen LogP contribution is 2.10. The van der Waals surface area contributed by atoms with Crippen LogP contribution in [0.4, 0.5) is 0 Å². The van der Waals surface area contributed by atoms with E-state index in [1.165, 1.54) is 6.42 Å². The molecule has 3 N–H and O–H groups in total. The van der Waals surface area contributed by atoms with Crippen LogP contribution in [0.25, 0.3) is 0 Å². The Morgan fingerprint density at radius 1 is 1.32 bits per heavy atom. The van der Waals surface area contributed by atoms with Crippen LogP contribution in [0.1, 0.15) is 33.1 Å². The molecule has 0 spiro atoms. The van der Waals surface area contributed by atoms with Crippen LogP contribution in [0.5, 0.6) is 0 Å². The molecular weight excluding hydrogens is 234 g/mol.